The third-order valence-electron chi connectivity index (χ3n) is 4.21. The summed E-state index contributed by atoms with van der Waals surface area (Å²) in [6.07, 6.45) is 1.71. The molecule has 0 aliphatic carbocycles. The van der Waals surface area contributed by atoms with E-state index in [1.165, 1.54) is 0 Å². The van der Waals surface area contributed by atoms with Crippen LogP contribution in [0.3, 0.4) is 0 Å². The summed E-state index contributed by atoms with van der Waals surface area (Å²) in [6, 6.07) is 0. The first-order valence-electron chi connectivity index (χ1n) is 8.54. The molecule has 8 heteroatoms. The van der Waals surface area contributed by atoms with Crippen LogP contribution in [-0.2, 0) is 9.47 Å². The Bertz CT molecular complexity index is 339. The Hall–Kier alpha value is -0.160. The third kappa shape index (κ3) is 9.36. The number of aliphatic hydroxyl groups excluding tert-OH is 1. The number of guanidine groups is 1. The quantitative estimate of drug-likeness (QED) is 0.238. The molecule has 0 spiro atoms. The van der Waals surface area contributed by atoms with Gasteiger partial charge in [0, 0.05) is 51.9 Å². The van der Waals surface area contributed by atoms with Crippen molar-refractivity contribution in [3.05, 3.63) is 0 Å². The van der Waals surface area contributed by atoms with Gasteiger partial charge in [0.25, 0.3) is 0 Å². The van der Waals surface area contributed by atoms with Gasteiger partial charge in [-0.05, 0) is 26.8 Å². The molecule has 144 valence electrons. The number of halogens is 1. The fourth-order valence-corrected chi connectivity index (χ4v) is 2.60. The summed E-state index contributed by atoms with van der Waals surface area (Å²) in [5.74, 6) is 0.830. The molecule has 1 atom stereocenters. The highest BCUT2D eigenvalue weighted by Crippen LogP contribution is 2.32. The Morgan fingerprint density at radius 2 is 2.17 bits per heavy atom. The highest BCUT2D eigenvalue weighted by molar-refractivity contribution is 14.0. The molecule has 1 fully saturated rings. The monoisotopic (exact) mass is 458 g/mol. The van der Waals surface area contributed by atoms with Crippen LogP contribution >= 0.6 is 24.0 Å². The minimum atomic E-state index is -0.00758. The number of aliphatic imine (C=N–C) groups is 1. The van der Waals surface area contributed by atoms with Gasteiger partial charge in [0.1, 0.15) is 0 Å². The molecule has 1 saturated heterocycles. The minimum absolute atomic E-state index is 0. The topological polar surface area (TPSA) is 78.4 Å². The molecular weight excluding hydrogens is 423 g/mol. The lowest BCUT2D eigenvalue weighted by Gasteiger charge is -2.25. The number of likely N-dealkylation sites (N-methyl/N-ethyl adjacent to an activating group) is 1. The number of rotatable bonds is 11. The first-order valence-corrected chi connectivity index (χ1v) is 8.54. The molecule has 0 saturated carbocycles. The van der Waals surface area contributed by atoms with Crippen LogP contribution in [0.15, 0.2) is 4.99 Å². The van der Waals surface area contributed by atoms with Crippen molar-refractivity contribution in [2.45, 2.75) is 19.8 Å². The van der Waals surface area contributed by atoms with Crippen molar-refractivity contribution in [3.63, 3.8) is 0 Å². The van der Waals surface area contributed by atoms with E-state index in [-0.39, 0.29) is 36.0 Å². The SMILES string of the molecule is CCNC(=NCC1(CCO)CCOC1)NCCN(C)CCOC.I. The number of methoxy groups -OCH3 is 1. The van der Waals surface area contributed by atoms with Gasteiger partial charge in [-0.3, -0.25) is 4.99 Å². The molecule has 0 bridgehead atoms. The molecule has 0 aromatic heterocycles. The van der Waals surface area contributed by atoms with Crippen LogP contribution < -0.4 is 10.6 Å². The Morgan fingerprint density at radius 3 is 2.75 bits per heavy atom. The second-order valence-electron chi connectivity index (χ2n) is 6.19. The van der Waals surface area contributed by atoms with Gasteiger partial charge in [-0.1, -0.05) is 0 Å². The van der Waals surface area contributed by atoms with E-state index >= 15 is 0 Å². The fourth-order valence-electron chi connectivity index (χ4n) is 2.60. The van der Waals surface area contributed by atoms with E-state index in [1.54, 1.807) is 7.11 Å². The Labute approximate surface area is 163 Å². The summed E-state index contributed by atoms with van der Waals surface area (Å²) in [5.41, 5.74) is -0.00758. The van der Waals surface area contributed by atoms with Gasteiger partial charge in [-0.2, -0.15) is 0 Å². The lowest BCUT2D eigenvalue weighted by Crippen LogP contribution is -2.42. The number of nitrogens with zero attached hydrogens (tertiary/aromatic N) is 2. The molecule has 0 radical (unpaired) electrons. The first-order chi connectivity index (χ1) is 11.2. The Morgan fingerprint density at radius 1 is 1.38 bits per heavy atom. The number of hydrogen-bond donors (Lipinski definition) is 3. The van der Waals surface area contributed by atoms with E-state index < -0.39 is 0 Å². The molecular formula is C16H35IN4O3. The van der Waals surface area contributed by atoms with Gasteiger partial charge in [-0.15, -0.1) is 24.0 Å². The molecule has 0 aromatic carbocycles. The van der Waals surface area contributed by atoms with Crippen LogP contribution in [0.4, 0.5) is 0 Å². The molecule has 1 aliphatic heterocycles. The first kappa shape index (κ1) is 23.8. The van der Waals surface area contributed by atoms with E-state index in [9.17, 15) is 5.11 Å². The maximum atomic E-state index is 9.28. The van der Waals surface area contributed by atoms with Gasteiger partial charge >= 0.3 is 0 Å². The van der Waals surface area contributed by atoms with Gasteiger partial charge in [-0.25, -0.2) is 0 Å². The van der Waals surface area contributed by atoms with E-state index in [2.05, 4.69) is 29.5 Å². The molecule has 3 N–H and O–H groups in total. The van der Waals surface area contributed by atoms with E-state index in [0.717, 1.165) is 58.2 Å². The van der Waals surface area contributed by atoms with Crippen molar-refractivity contribution < 1.29 is 14.6 Å². The van der Waals surface area contributed by atoms with E-state index in [4.69, 9.17) is 14.5 Å². The Kier molecular flexibility index (Phi) is 14.0. The Balaban J connectivity index is 0.00000529. The van der Waals surface area contributed by atoms with Crippen molar-refractivity contribution >= 4 is 29.9 Å². The van der Waals surface area contributed by atoms with E-state index in [1.807, 2.05) is 0 Å². The predicted molar refractivity (Wildman–Crippen MR) is 108 cm³/mol. The zero-order chi connectivity index (χ0) is 17.0. The summed E-state index contributed by atoms with van der Waals surface area (Å²) in [6.45, 7) is 8.64. The lowest BCUT2D eigenvalue weighted by molar-refractivity contribution is 0.131. The molecule has 0 amide bonds. The van der Waals surface area contributed by atoms with Crippen LogP contribution in [0.25, 0.3) is 0 Å². The summed E-state index contributed by atoms with van der Waals surface area (Å²) in [7, 11) is 3.80. The van der Waals surface area contributed by atoms with Crippen molar-refractivity contribution in [1.29, 1.82) is 0 Å². The smallest absolute Gasteiger partial charge is 0.191 e. The summed E-state index contributed by atoms with van der Waals surface area (Å²) in [5, 5.41) is 15.9. The lowest BCUT2D eigenvalue weighted by atomic mass is 9.84. The molecule has 1 unspecified atom stereocenters. The molecule has 24 heavy (non-hydrogen) atoms. The van der Waals surface area contributed by atoms with Gasteiger partial charge < -0.3 is 30.1 Å². The van der Waals surface area contributed by atoms with Crippen molar-refractivity contribution in [2.24, 2.45) is 10.4 Å². The normalized spacial score (nSPS) is 21.0. The predicted octanol–water partition coefficient (Wildman–Crippen LogP) is 0.527. The standard InChI is InChI=1S/C16H34N4O3.HI/c1-4-17-15(18-7-8-20(2)9-12-22-3)19-13-16(5-10-21)6-11-23-14-16;/h21H,4-14H2,1-3H3,(H2,17,18,19);1H. The van der Waals surface area contributed by atoms with Crippen LogP contribution in [0, 0.1) is 5.41 Å². The molecule has 1 rings (SSSR count). The summed E-state index contributed by atoms with van der Waals surface area (Å²) < 4.78 is 10.6. The second-order valence-corrected chi connectivity index (χ2v) is 6.19. The number of nitrogens with one attached hydrogen (secondary N) is 2. The average molecular weight is 458 g/mol. The summed E-state index contributed by atoms with van der Waals surface area (Å²) >= 11 is 0. The minimum Gasteiger partial charge on any atom is -0.396 e. The highest BCUT2D eigenvalue weighted by atomic mass is 127. The zero-order valence-electron chi connectivity index (χ0n) is 15.3. The van der Waals surface area contributed by atoms with Gasteiger partial charge in [0.15, 0.2) is 5.96 Å². The fraction of sp³-hybridized carbons (Fsp3) is 0.938. The molecule has 0 aromatic rings. The van der Waals surface area contributed by atoms with Crippen molar-refractivity contribution in [1.82, 2.24) is 15.5 Å². The number of ether oxygens (including phenoxy) is 2. The second kappa shape index (κ2) is 14.1. The van der Waals surface area contributed by atoms with Crippen molar-refractivity contribution in [3.8, 4) is 0 Å². The van der Waals surface area contributed by atoms with Crippen LogP contribution in [0.2, 0.25) is 0 Å². The van der Waals surface area contributed by atoms with Gasteiger partial charge in [0.05, 0.1) is 19.8 Å². The van der Waals surface area contributed by atoms with Crippen LogP contribution in [0.5, 0.6) is 0 Å². The van der Waals surface area contributed by atoms with Crippen molar-refractivity contribution in [2.75, 3.05) is 73.3 Å². The molecule has 1 heterocycles. The third-order valence-corrected chi connectivity index (χ3v) is 4.21. The van der Waals surface area contributed by atoms with E-state index in [0.29, 0.717) is 13.2 Å². The highest BCUT2D eigenvalue weighted by Gasteiger charge is 2.34. The number of aliphatic hydroxyl groups is 1. The number of hydrogen-bond acceptors (Lipinski definition) is 5. The van der Waals surface area contributed by atoms with Crippen LogP contribution in [0.1, 0.15) is 19.8 Å². The zero-order valence-corrected chi connectivity index (χ0v) is 17.7. The average Bonchev–Trinajstić information content (AvgIpc) is 3.00. The maximum absolute atomic E-state index is 9.28. The maximum Gasteiger partial charge on any atom is 0.191 e. The largest absolute Gasteiger partial charge is 0.396 e. The van der Waals surface area contributed by atoms with Gasteiger partial charge in [0.2, 0.25) is 0 Å². The van der Waals surface area contributed by atoms with Crippen LogP contribution in [-0.4, -0.2) is 89.3 Å². The molecule has 1 aliphatic rings. The molecule has 7 nitrogen and oxygen atoms in total. The summed E-state index contributed by atoms with van der Waals surface area (Å²) in [4.78, 5) is 6.93.